The molecule has 108 valence electrons. The van der Waals surface area contributed by atoms with Crippen LogP contribution in [0, 0.1) is 11.3 Å². The first kappa shape index (κ1) is 15.2. The summed E-state index contributed by atoms with van der Waals surface area (Å²) in [5.41, 5.74) is 3.15. The standard InChI is InChI=1S/C18H21N3/c1-21(2)18(17-9-4-3-5-10-17)14-20-13-16-8-6-7-15(11-16)12-19/h3-11,18,20H,13-14H2,1-2H3. The molecule has 3 heteroatoms. The van der Waals surface area contributed by atoms with Gasteiger partial charge in [-0.2, -0.15) is 5.26 Å². The normalized spacial score (nSPS) is 12.1. The predicted octanol–water partition coefficient (Wildman–Crippen LogP) is 2.95. The molecule has 2 aromatic carbocycles. The predicted molar refractivity (Wildman–Crippen MR) is 85.7 cm³/mol. The van der Waals surface area contributed by atoms with Crippen molar-refractivity contribution < 1.29 is 0 Å². The lowest BCUT2D eigenvalue weighted by atomic mass is 10.1. The van der Waals surface area contributed by atoms with Gasteiger partial charge in [0, 0.05) is 19.1 Å². The summed E-state index contributed by atoms with van der Waals surface area (Å²) in [6.45, 7) is 1.64. The summed E-state index contributed by atoms with van der Waals surface area (Å²) in [4.78, 5) is 2.22. The molecule has 3 nitrogen and oxygen atoms in total. The van der Waals surface area contributed by atoms with Gasteiger partial charge in [-0.05, 0) is 37.4 Å². The summed E-state index contributed by atoms with van der Waals surface area (Å²) >= 11 is 0. The number of nitrogens with one attached hydrogen (secondary N) is 1. The van der Waals surface area contributed by atoms with Crippen LogP contribution >= 0.6 is 0 Å². The van der Waals surface area contributed by atoms with Crippen molar-refractivity contribution in [1.29, 1.82) is 5.26 Å². The van der Waals surface area contributed by atoms with Gasteiger partial charge in [-0.25, -0.2) is 0 Å². The number of benzene rings is 2. The van der Waals surface area contributed by atoms with Gasteiger partial charge < -0.3 is 10.2 Å². The first-order valence-corrected chi connectivity index (χ1v) is 7.12. The minimum atomic E-state index is 0.338. The Balaban J connectivity index is 1.95. The van der Waals surface area contributed by atoms with Crippen molar-refractivity contribution in [3.05, 3.63) is 71.3 Å². The molecule has 1 unspecified atom stereocenters. The molecule has 0 amide bonds. The smallest absolute Gasteiger partial charge is 0.0991 e. The van der Waals surface area contributed by atoms with Crippen molar-refractivity contribution in [2.45, 2.75) is 12.6 Å². The third-order valence-electron chi connectivity index (χ3n) is 3.53. The van der Waals surface area contributed by atoms with Crippen LogP contribution in [-0.2, 0) is 6.54 Å². The topological polar surface area (TPSA) is 39.1 Å². The Hall–Kier alpha value is -2.15. The van der Waals surface area contributed by atoms with Crippen molar-refractivity contribution in [3.8, 4) is 6.07 Å². The van der Waals surface area contributed by atoms with Crippen molar-refractivity contribution >= 4 is 0 Å². The van der Waals surface area contributed by atoms with Gasteiger partial charge in [0.15, 0.2) is 0 Å². The van der Waals surface area contributed by atoms with E-state index in [1.165, 1.54) is 5.56 Å². The number of nitriles is 1. The fraction of sp³-hybridized carbons (Fsp3) is 0.278. The summed E-state index contributed by atoms with van der Waals surface area (Å²) in [6, 6.07) is 20.7. The number of hydrogen-bond acceptors (Lipinski definition) is 3. The first-order chi connectivity index (χ1) is 10.2. The van der Waals surface area contributed by atoms with Crippen LogP contribution in [0.1, 0.15) is 22.7 Å². The fourth-order valence-corrected chi connectivity index (χ4v) is 2.38. The number of hydrogen-bond donors (Lipinski definition) is 1. The Labute approximate surface area is 126 Å². The third kappa shape index (κ3) is 4.42. The van der Waals surface area contributed by atoms with E-state index < -0.39 is 0 Å². The second-order valence-corrected chi connectivity index (χ2v) is 5.33. The Kier molecular flexibility index (Phi) is 5.51. The monoisotopic (exact) mass is 279 g/mol. The Morgan fingerprint density at radius 2 is 1.86 bits per heavy atom. The third-order valence-corrected chi connectivity index (χ3v) is 3.53. The highest BCUT2D eigenvalue weighted by Gasteiger charge is 2.12. The van der Waals surface area contributed by atoms with E-state index in [0.29, 0.717) is 11.6 Å². The summed E-state index contributed by atoms with van der Waals surface area (Å²) in [5.74, 6) is 0. The van der Waals surface area contributed by atoms with E-state index in [4.69, 9.17) is 5.26 Å². The summed E-state index contributed by atoms with van der Waals surface area (Å²) in [6.07, 6.45) is 0. The molecule has 0 aliphatic heterocycles. The average molecular weight is 279 g/mol. The lowest BCUT2D eigenvalue weighted by molar-refractivity contribution is 0.288. The van der Waals surface area contributed by atoms with Crippen LogP contribution in [0.2, 0.25) is 0 Å². The zero-order chi connectivity index (χ0) is 15.1. The van der Waals surface area contributed by atoms with Crippen LogP contribution in [0.5, 0.6) is 0 Å². The van der Waals surface area contributed by atoms with E-state index in [2.05, 4.69) is 54.6 Å². The van der Waals surface area contributed by atoms with E-state index in [-0.39, 0.29) is 0 Å². The van der Waals surface area contributed by atoms with Gasteiger partial charge in [-0.3, -0.25) is 0 Å². The average Bonchev–Trinajstić information content (AvgIpc) is 2.52. The Morgan fingerprint density at radius 3 is 2.52 bits per heavy atom. The maximum absolute atomic E-state index is 8.92. The second-order valence-electron chi connectivity index (χ2n) is 5.33. The van der Waals surface area contributed by atoms with Gasteiger partial charge in [0.05, 0.1) is 11.6 Å². The van der Waals surface area contributed by atoms with Gasteiger partial charge in [0.25, 0.3) is 0 Å². The summed E-state index contributed by atoms with van der Waals surface area (Å²) in [5, 5.41) is 12.4. The minimum absolute atomic E-state index is 0.338. The van der Waals surface area contributed by atoms with Crippen LogP contribution in [-0.4, -0.2) is 25.5 Å². The van der Waals surface area contributed by atoms with Gasteiger partial charge in [0.1, 0.15) is 0 Å². The number of likely N-dealkylation sites (N-methyl/N-ethyl adjacent to an activating group) is 1. The largest absolute Gasteiger partial charge is 0.311 e. The molecular formula is C18H21N3. The van der Waals surface area contributed by atoms with Crippen LogP contribution in [0.3, 0.4) is 0 Å². The SMILES string of the molecule is CN(C)C(CNCc1cccc(C#N)c1)c1ccccc1. The molecule has 0 spiro atoms. The van der Waals surface area contributed by atoms with Crippen molar-refractivity contribution in [2.24, 2.45) is 0 Å². The highest BCUT2D eigenvalue weighted by molar-refractivity contribution is 5.32. The molecule has 0 aromatic heterocycles. The maximum Gasteiger partial charge on any atom is 0.0991 e. The fourth-order valence-electron chi connectivity index (χ4n) is 2.38. The van der Waals surface area contributed by atoms with Gasteiger partial charge >= 0.3 is 0 Å². The second kappa shape index (κ2) is 7.58. The summed E-state index contributed by atoms with van der Waals surface area (Å²) < 4.78 is 0. The molecule has 0 bridgehead atoms. The van der Waals surface area contributed by atoms with Crippen molar-refractivity contribution in [3.63, 3.8) is 0 Å². The zero-order valence-corrected chi connectivity index (χ0v) is 12.6. The highest BCUT2D eigenvalue weighted by atomic mass is 15.1. The quantitative estimate of drug-likeness (QED) is 0.883. The number of rotatable bonds is 6. The lowest BCUT2D eigenvalue weighted by Gasteiger charge is -2.25. The van der Waals surface area contributed by atoms with Gasteiger partial charge in [0.2, 0.25) is 0 Å². The molecule has 0 heterocycles. The highest BCUT2D eigenvalue weighted by Crippen LogP contribution is 2.16. The Bertz CT molecular complexity index is 599. The van der Waals surface area contributed by atoms with E-state index in [1.807, 2.05) is 30.3 Å². The van der Waals surface area contributed by atoms with E-state index in [1.54, 1.807) is 0 Å². The molecule has 2 rings (SSSR count). The van der Waals surface area contributed by atoms with Crippen LogP contribution < -0.4 is 5.32 Å². The van der Waals surface area contributed by atoms with Crippen molar-refractivity contribution in [1.82, 2.24) is 10.2 Å². The number of nitrogens with zero attached hydrogens (tertiary/aromatic N) is 2. The maximum atomic E-state index is 8.92. The van der Waals surface area contributed by atoms with Crippen molar-refractivity contribution in [2.75, 3.05) is 20.6 Å². The molecule has 21 heavy (non-hydrogen) atoms. The molecule has 0 saturated carbocycles. The molecule has 1 N–H and O–H groups in total. The van der Waals surface area contributed by atoms with Crippen LogP contribution in [0.4, 0.5) is 0 Å². The van der Waals surface area contributed by atoms with E-state index in [9.17, 15) is 0 Å². The Morgan fingerprint density at radius 1 is 1.10 bits per heavy atom. The van der Waals surface area contributed by atoms with Gasteiger partial charge in [-0.1, -0.05) is 42.5 Å². The van der Waals surface area contributed by atoms with Crippen LogP contribution in [0.25, 0.3) is 0 Å². The molecule has 0 aliphatic carbocycles. The summed E-state index contributed by atoms with van der Waals surface area (Å²) in [7, 11) is 4.19. The van der Waals surface area contributed by atoms with E-state index in [0.717, 1.165) is 18.7 Å². The molecule has 0 aliphatic rings. The molecule has 1 atom stereocenters. The van der Waals surface area contributed by atoms with E-state index >= 15 is 0 Å². The molecule has 0 saturated heterocycles. The minimum Gasteiger partial charge on any atom is -0.311 e. The zero-order valence-electron chi connectivity index (χ0n) is 12.6. The molecule has 2 aromatic rings. The molecule has 0 fully saturated rings. The van der Waals surface area contributed by atoms with Gasteiger partial charge in [-0.15, -0.1) is 0 Å². The lowest BCUT2D eigenvalue weighted by Crippen LogP contribution is -2.30. The molecule has 0 radical (unpaired) electrons. The first-order valence-electron chi connectivity index (χ1n) is 7.12. The van der Waals surface area contributed by atoms with Crippen LogP contribution in [0.15, 0.2) is 54.6 Å². The molecular weight excluding hydrogens is 258 g/mol.